The molecular formula is C15H14BrFN2O3. The molecule has 0 aliphatic rings. The Morgan fingerprint density at radius 3 is 2.68 bits per heavy atom. The number of carbonyl (C=O) groups is 2. The number of carboxylic acids is 1. The van der Waals surface area contributed by atoms with Gasteiger partial charge in [0, 0.05) is 23.4 Å². The SMILES string of the molecule is Cc1cn(C)c(CC(=O)Nc2ccc(Br)cc2F)c1C(=O)O. The molecule has 116 valence electrons. The van der Waals surface area contributed by atoms with E-state index in [-0.39, 0.29) is 17.7 Å². The van der Waals surface area contributed by atoms with E-state index < -0.39 is 17.7 Å². The number of hydrogen-bond acceptors (Lipinski definition) is 2. The zero-order chi connectivity index (χ0) is 16.4. The summed E-state index contributed by atoms with van der Waals surface area (Å²) in [5.41, 5.74) is 1.11. The fourth-order valence-corrected chi connectivity index (χ4v) is 2.61. The maximum atomic E-state index is 13.7. The zero-order valence-electron chi connectivity index (χ0n) is 12.0. The van der Waals surface area contributed by atoms with Crippen molar-refractivity contribution in [1.29, 1.82) is 0 Å². The van der Waals surface area contributed by atoms with Gasteiger partial charge in [0.15, 0.2) is 0 Å². The third kappa shape index (κ3) is 3.36. The van der Waals surface area contributed by atoms with Crippen LogP contribution in [0.5, 0.6) is 0 Å². The Morgan fingerprint density at radius 1 is 1.41 bits per heavy atom. The van der Waals surface area contributed by atoms with Gasteiger partial charge in [-0.25, -0.2) is 9.18 Å². The number of rotatable bonds is 4. The van der Waals surface area contributed by atoms with Crippen molar-refractivity contribution in [3.05, 3.63) is 51.5 Å². The molecule has 0 saturated heterocycles. The van der Waals surface area contributed by atoms with Crippen LogP contribution in [0.25, 0.3) is 0 Å². The van der Waals surface area contributed by atoms with Crippen molar-refractivity contribution in [3.63, 3.8) is 0 Å². The van der Waals surface area contributed by atoms with Crippen LogP contribution in [0, 0.1) is 12.7 Å². The molecule has 1 aromatic heterocycles. The summed E-state index contributed by atoms with van der Waals surface area (Å²) in [6.07, 6.45) is 1.49. The second-order valence-electron chi connectivity index (χ2n) is 4.90. The van der Waals surface area contributed by atoms with Crippen LogP contribution in [-0.4, -0.2) is 21.6 Å². The average Bonchev–Trinajstić information content (AvgIpc) is 2.67. The van der Waals surface area contributed by atoms with Crippen molar-refractivity contribution in [3.8, 4) is 0 Å². The smallest absolute Gasteiger partial charge is 0.337 e. The predicted molar refractivity (Wildman–Crippen MR) is 83.5 cm³/mol. The van der Waals surface area contributed by atoms with Gasteiger partial charge < -0.3 is 15.0 Å². The number of carbonyl (C=O) groups excluding carboxylic acids is 1. The lowest BCUT2D eigenvalue weighted by Gasteiger charge is -2.08. The van der Waals surface area contributed by atoms with Gasteiger partial charge >= 0.3 is 5.97 Å². The van der Waals surface area contributed by atoms with E-state index in [2.05, 4.69) is 21.2 Å². The van der Waals surface area contributed by atoms with Crippen LogP contribution in [0.3, 0.4) is 0 Å². The molecule has 2 aromatic rings. The zero-order valence-corrected chi connectivity index (χ0v) is 13.6. The van der Waals surface area contributed by atoms with Gasteiger partial charge in [0.1, 0.15) is 5.82 Å². The van der Waals surface area contributed by atoms with Gasteiger partial charge in [-0.3, -0.25) is 4.79 Å². The van der Waals surface area contributed by atoms with Crippen LogP contribution < -0.4 is 5.32 Å². The van der Waals surface area contributed by atoms with Gasteiger partial charge in [-0.1, -0.05) is 15.9 Å². The Morgan fingerprint density at radius 2 is 2.09 bits per heavy atom. The maximum Gasteiger partial charge on any atom is 0.337 e. The van der Waals surface area contributed by atoms with Crippen molar-refractivity contribution < 1.29 is 19.1 Å². The summed E-state index contributed by atoms with van der Waals surface area (Å²) in [6, 6.07) is 4.28. The van der Waals surface area contributed by atoms with Gasteiger partial charge in [-0.05, 0) is 30.7 Å². The lowest BCUT2D eigenvalue weighted by atomic mass is 10.1. The maximum absolute atomic E-state index is 13.7. The van der Waals surface area contributed by atoms with Crippen LogP contribution in [-0.2, 0) is 18.3 Å². The molecule has 5 nitrogen and oxygen atoms in total. The van der Waals surface area contributed by atoms with Gasteiger partial charge in [0.05, 0.1) is 17.7 Å². The fraction of sp³-hybridized carbons (Fsp3) is 0.200. The molecule has 1 amide bonds. The summed E-state index contributed by atoms with van der Waals surface area (Å²) >= 11 is 3.13. The van der Waals surface area contributed by atoms with Gasteiger partial charge in [0.2, 0.25) is 5.91 Å². The molecular weight excluding hydrogens is 355 g/mol. The number of benzene rings is 1. The Labute approximate surface area is 134 Å². The second-order valence-corrected chi connectivity index (χ2v) is 5.81. The molecule has 0 spiro atoms. The molecule has 0 aliphatic carbocycles. The minimum atomic E-state index is -1.09. The summed E-state index contributed by atoms with van der Waals surface area (Å²) in [7, 11) is 1.67. The molecule has 2 rings (SSSR count). The second kappa shape index (κ2) is 6.31. The van der Waals surface area contributed by atoms with E-state index in [1.165, 1.54) is 12.1 Å². The quantitative estimate of drug-likeness (QED) is 0.870. The third-order valence-electron chi connectivity index (χ3n) is 3.24. The molecule has 0 fully saturated rings. The number of carboxylic acid groups (broad SMARTS) is 1. The third-order valence-corrected chi connectivity index (χ3v) is 3.74. The van der Waals surface area contributed by atoms with E-state index in [1.807, 2.05) is 0 Å². The van der Waals surface area contributed by atoms with Crippen LogP contribution in [0.2, 0.25) is 0 Å². The lowest BCUT2D eigenvalue weighted by molar-refractivity contribution is -0.115. The van der Waals surface area contributed by atoms with Crippen LogP contribution in [0.1, 0.15) is 21.6 Å². The molecule has 0 bridgehead atoms. The van der Waals surface area contributed by atoms with Crippen LogP contribution >= 0.6 is 15.9 Å². The highest BCUT2D eigenvalue weighted by atomic mass is 79.9. The number of anilines is 1. The number of nitrogens with one attached hydrogen (secondary N) is 1. The first-order valence-electron chi connectivity index (χ1n) is 6.42. The Bertz CT molecular complexity index is 755. The van der Waals surface area contributed by atoms with Crippen LogP contribution in [0.4, 0.5) is 10.1 Å². The van der Waals surface area contributed by atoms with E-state index in [1.54, 1.807) is 30.8 Å². The van der Waals surface area contributed by atoms with E-state index >= 15 is 0 Å². The molecule has 2 N–H and O–H groups in total. The topological polar surface area (TPSA) is 71.3 Å². The Hall–Kier alpha value is -2.15. The van der Waals surface area contributed by atoms with Crippen LogP contribution in [0.15, 0.2) is 28.9 Å². The molecule has 0 atom stereocenters. The highest BCUT2D eigenvalue weighted by Crippen LogP contribution is 2.21. The highest BCUT2D eigenvalue weighted by molar-refractivity contribution is 9.10. The minimum Gasteiger partial charge on any atom is -0.478 e. The molecule has 0 radical (unpaired) electrons. The molecule has 7 heteroatoms. The molecule has 0 aliphatic heterocycles. The number of hydrogen-bond donors (Lipinski definition) is 2. The van der Waals surface area contributed by atoms with Crippen molar-refractivity contribution >= 4 is 33.5 Å². The van der Waals surface area contributed by atoms with Crippen molar-refractivity contribution in [2.45, 2.75) is 13.3 Å². The molecule has 1 heterocycles. The van der Waals surface area contributed by atoms with Gasteiger partial charge in [-0.15, -0.1) is 0 Å². The average molecular weight is 369 g/mol. The summed E-state index contributed by atoms with van der Waals surface area (Å²) in [5, 5.41) is 11.7. The van der Waals surface area contributed by atoms with Gasteiger partial charge in [0.25, 0.3) is 0 Å². The first-order valence-corrected chi connectivity index (χ1v) is 7.22. The number of aromatic nitrogens is 1. The van der Waals surface area contributed by atoms with Crippen molar-refractivity contribution in [1.82, 2.24) is 4.57 Å². The minimum absolute atomic E-state index is 0.0519. The number of amides is 1. The summed E-state index contributed by atoms with van der Waals surface area (Å²) in [4.78, 5) is 23.3. The fourth-order valence-electron chi connectivity index (χ4n) is 2.28. The first kappa shape index (κ1) is 16.2. The van der Waals surface area contributed by atoms with E-state index in [0.29, 0.717) is 15.7 Å². The van der Waals surface area contributed by atoms with Crippen molar-refractivity contribution in [2.24, 2.45) is 7.05 Å². The monoisotopic (exact) mass is 368 g/mol. The molecule has 0 unspecified atom stereocenters. The number of aryl methyl sites for hydroxylation is 2. The largest absolute Gasteiger partial charge is 0.478 e. The lowest BCUT2D eigenvalue weighted by Crippen LogP contribution is -2.18. The normalized spacial score (nSPS) is 10.5. The highest BCUT2D eigenvalue weighted by Gasteiger charge is 2.20. The Balaban J connectivity index is 2.21. The predicted octanol–water partition coefficient (Wildman–Crippen LogP) is 3.11. The summed E-state index contributed by atoms with van der Waals surface area (Å²) in [5.74, 6) is -2.13. The Kier molecular flexibility index (Phi) is 4.65. The van der Waals surface area contributed by atoms with E-state index in [9.17, 15) is 19.1 Å². The summed E-state index contributed by atoms with van der Waals surface area (Å²) < 4.78 is 15.9. The number of halogens is 2. The first-order chi connectivity index (χ1) is 10.3. The van der Waals surface area contributed by atoms with Crippen molar-refractivity contribution in [2.75, 3.05) is 5.32 Å². The van der Waals surface area contributed by atoms with E-state index in [0.717, 1.165) is 0 Å². The van der Waals surface area contributed by atoms with E-state index in [4.69, 9.17) is 0 Å². The summed E-state index contributed by atoms with van der Waals surface area (Å²) in [6.45, 7) is 1.67. The standard InChI is InChI=1S/C15H14BrFN2O3/c1-8-7-19(2)12(14(8)15(21)22)6-13(20)18-11-4-3-9(16)5-10(11)17/h3-5,7H,6H2,1-2H3,(H,18,20)(H,21,22). The van der Waals surface area contributed by atoms with Gasteiger partial charge in [-0.2, -0.15) is 0 Å². The molecule has 1 aromatic carbocycles. The number of aromatic carboxylic acids is 1. The number of nitrogens with zero attached hydrogens (tertiary/aromatic N) is 1. The molecule has 0 saturated carbocycles. The molecule has 22 heavy (non-hydrogen) atoms.